The Kier molecular flexibility index (Phi) is 3.85. The molecule has 0 bridgehead atoms. The molecule has 126 valence electrons. The van der Waals surface area contributed by atoms with Gasteiger partial charge in [0.15, 0.2) is 17.0 Å². The number of nitrogens with zero attached hydrogens (tertiary/aromatic N) is 9. The molecule has 0 spiro atoms. The highest BCUT2D eigenvalue weighted by Crippen LogP contribution is 2.23. The third kappa shape index (κ3) is 2.71. The Balaban J connectivity index is 1.54. The van der Waals surface area contributed by atoms with Crippen LogP contribution in [0.5, 0.6) is 0 Å². The summed E-state index contributed by atoms with van der Waals surface area (Å²) in [4.78, 5) is 26.1. The molecule has 0 radical (unpaired) electrons. The van der Waals surface area contributed by atoms with Gasteiger partial charge in [-0.1, -0.05) is 0 Å². The van der Waals surface area contributed by atoms with Gasteiger partial charge in [0.1, 0.15) is 18.1 Å². The molecule has 1 aliphatic rings. The van der Waals surface area contributed by atoms with Gasteiger partial charge in [0, 0.05) is 38.9 Å². The molecule has 0 saturated carbocycles. The fourth-order valence-corrected chi connectivity index (χ4v) is 3.01. The number of imidazole rings is 1. The molecule has 0 N–H and O–H groups in total. The number of hydrogen-bond acceptors (Lipinski definition) is 8. The second-order valence-electron chi connectivity index (χ2n) is 5.73. The third-order valence-electron chi connectivity index (χ3n) is 4.34. The van der Waals surface area contributed by atoms with Crippen LogP contribution >= 0.6 is 0 Å². The van der Waals surface area contributed by atoms with Gasteiger partial charge in [-0.2, -0.15) is 5.26 Å². The van der Waals surface area contributed by atoms with Crippen LogP contribution < -0.4 is 9.80 Å². The molecule has 0 aliphatic carbocycles. The lowest BCUT2D eigenvalue weighted by Crippen LogP contribution is -2.47. The van der Waals surface area contributed by atoms with Gasteiger partial charge in [-0.3, -0.25) is 0 Å². The smallest absolute Gasteiger partial charge is 0.226 e. The Hall–Kier alpha value is -3.28. The summed E-state index contributed by atoms with van der Waals surface area (Å²) in [5.74, 6) is 1.46. The molecular formula is C16H17N9. The fourth-order valence-electron chi connectivity index (χ4n) is 3.01. The number of aromatic nitrogens is 6. The van der Waals surface area contributed by atoms with Gasteiger partial charge >= 0.3 is 0 Å². The second kappa shape index (κ2) is 6.32. The van der Waals surface area contributed by atoms with Crippen molar-refractivity contribution in [1.82, 2.24) is 29.5 Å². The molecule has 0 amide bonds. The molecule has 25 heavy (non-hydrogen) atoms. The van der Waals surface area contributed by atoms with Gasteiger partial charge < -0.3 is 14.4 Å². The fraction of sp³-hybridized carbons (Fsp3) is 0.375. The van der Waals surface area contributed by atoms with E-state index in [1.807, 2.05) is 4.57 Å². The van der Waals surface area contributed by atoms with E-state index in [0.717, 1.165) is 49.7 Å². The molecule has 9 nitrogen and oxygen atoms in total. The van der Waals surface area contributed by atoms with Crippen molar-refractivity contribution in [2.75, 3.05) is 36.0 Å². The quantitative estimate of drug-likeness (QED) is 0.694. The van der Waals surface area contributed by atoms with Crippen LogP contribution in [-0.2, 0) is 6.54 Å². The van der Waals surface area contributed by atoms with Crippen LogP contribution in [0.25, 0.3) is 11.2 Å². The number of fused-ring (bicyclic) bond motifs is 1. The van der Waals surface area contributed by atoms with E-state index in [1.165, 1.54) is 0 Å². The van der Waals surface area contributed by atoms with E-state index in [1.54, 1.807) is 24.9 Å². The summed E-state index contributed by atoms with van der Waals surface area (Å²) >= 11 is 0. The van der Waals surface area contributed by atoms with Crippen molar-refractivity contribution >= 4 is 22.9 Å². The van der Waals surface area contributed by atoms with E-state index in [4.69, 9.17) is 5.26 Å². The van der Waals surface area contributed by atoms with E-state index < -0.39 is 0 Å². The molecular weight excluding hydrogens is 318 g/mol. The standard InChI is InChI=1S/C16H17N9/c1-2-23-11-21-13-14(23)19-10-20-15(13)24-5-7-25(8-6-24)16-18-4-3-12(9-17)22-16/h3-4,10-11H,2,5-8H2,1H3. The molecule has 0 unspecified atom stereocenters. The van der Waals surface area contributed by atoms with Crippen molar-refractivity contribution in [3.05, 3.63) is 30.6 Å². The van der Waals surface area contributed by atoms with Gasteiger partial charge in [-0.05, 0) is 13.0 Å². The molecule has 9 heteroatoms. The summed E-state index contributed by atoms with van der Waals surface area (Å²) in [5.41, 5.74) is 2.08. The van der Waals surface area contributed by atoms with Crippen molar-refractivity contribution in [2.45, 2.75) is 13.5 Å². The maximum atomic E-state index is 8.98. The summed E-state index contributed by atoms with van der Waals surface area (Å²) < 4.78 is 2.01. The maximum absolute atomic E-state index is 8.98. The number of piperazine rings is 1. The van der Waals surface area contributed by atoms with Crippen LogP contribution in [0.15, 0.2) is 24.9 Å². The minimum Gasteiger partial charge on any atom is -0.351 e. The van der Waals surface area contributed by atoms with Crippen LogP contribution in [0, 0.1) is 11.3 Å². The van der Waals surface area contributed by atoms with Crippen LogP contribution in [-0.4, -0.2) is 55.7 Å². The first kappa shape index (κ1) is 15.3. The number of rotatable bonds is 3. The highest BCUT2D eigenvalue weighted by Gasteiger charge is 2.23. The highest BCUT2D eigenvalue weighted by atomic mass is 15.3. The number of aryl methyl sites for hydroxylation is 1. The first-order valence-electron chi connectivity index (χ1n) is 8.19. The zero-order valence-corrected chi connectivity index (χ0v) is 13.9. The first-order chi connectivity index (χ1) is 12.3. The summed E-state index contributed by atoms with van der Waals surface area (Å²) in [7, 11) is 0. The van der Waals surface area contributed by atoms with Crippen LogP contribution in [0.1, 0.15) is 12.6 Å². The average molecular weight is 335 g/mol. The predicted octanol–water partition coefficient (Wildman–Crippen LogP) is 0.834. The predicted molar refractivity (Wildman–Crippen MR) is 92.2 cm³/mol. The average Bonchev–Trinajstić information content (AvgIpc) is 3.11. The van der Waals surface area contributed by atoms with Crippen molar-refractivity contribution in [3.8, 4) is 6.07 Å². The molecule has 1 aliphatic heterocycles. The van der Waals surface area contributed by atoms with Crippen molar-refractivity contribution < 1.29 is 0 Å². The van der Waals surface area contributed by atoms with Gasteiger partial charge in [0.2, 0.25) is 5.95 Å². The lowest BCUT2D eigenvalue weighted by Gasteiger charge is -2.35. The summed E-state index contributed by atoms with van der Waals surface area (Å²) in [6, 6.07) is 3.67. The SMILES string of the molecule is CCn1cnc2c(N3CCN(c4nccc(C#N)n4)CC3)ncnc21. The Bertz CT molecular complexity index is 934. The van der Waals surface area contributed by atoms with E-state index in [0.29, 0.717) is 11.6 Å². The van der Waals surface area contributed by atoms with Gasteiger partial charge in [-0.15, -0.1) is 0 Å². The largest absolute Gasteiger partial charge is 0.351 e. The monoisotopic (exact) mass is 335 g/mol. The van der Waals surface area contributed by atoms with E-state index >= 15 is 0 Å². The number of nitriles is 1. The summed E-state index contributed by atoms with van der Waals surface area (Å²) in [5, 5.41) is 8.98. The summed E-state index contributed by atoms with van der Waals surface area (Å²) in [6.45, 7) is 5.98. The first-order valence-corrected chi connectivity index (χ1v) is 8.19. The van der Waals surface area contributed by atoms with E-state index in [2.05, 4.69) is 47.7 Å². The Labute approximate surface area is 144 Å². The zero-order valence-electron chi connectivity index (χ0n) is 13.9. The molecule has 3 aromatic heterocycles. The van der Waals surface area contributed by atoms with Crippen molar-refractivity contribution in [2.24, 2.45) is 0 Å². The van der Waals surface area contributed by atoms with Crippen molar-refractivity contribution in [1.29, 1.82) is 5.26 Å². The van der Waals surface area contributed by atoms with Gasteiger partial charge in [0.05, 0.1) is 6.33 Å². The van der Waals surface area contributed by atoms with E-state index in [9.17, 15) is 0 Å². The Morgan fingerprint density at radius 1 is 1.08 bits per heavy atom. The van der Waals surface area contributed by atoms with Crippen molar-refractivity contribution in [3.63, 3.8) is 0 Å². The minimum absolute atomic E-state index is 0.384. The van der Waals surface area contributed by atoms with Gasteiger partial charge in [0.25, 0.3) is 0 Å². The molecule has 1 fully saturated rings. The highest BCUT2D eigenvalue weighted by molar-refractivity contribution is 5.83. The molecule has 1 saturated heterocycles. The Morgan fingerprint density at radius 3 is 2.64 bits per heavy atom. The number of anilines is 2. The lowest BCUT2D eigenvalue weighted by atomic mass is 10.3. The molecule has 0 aromatic carbocycles. The lowest BCUT2D eigenvalue weighted by molar-refractivity contribution is 0.635. The van der Waals surface area contributed by atoms with Crippen LogP contribution in [0.4, 0.5) is 11.8 Å². The topological polar surface area (TPSA) is 99.7 Å². The third-order valence-corrected chi connectivity index (χ3v) is 4.34. The van der Waals surface area contributed by atoms with E-state index in [-0.39, 0.29) is 0 Å². The van der Waals surface area contributed by atoms with Gasteiger partial charge in [-0.25, -0.2) is 24.9 Å². The minimum atomic E-state index is 0.384. The molecule has 4 heterocycles. The zero-order chi connectivity index (χ0) is 17.2. The summed E-state index contributed by atoms with van der Waals surface area (Å²) in [6.07, 6.45) is 5.02. The maximum Gasteiger partial charge on any atom is 0.226 e. The second-order valence-corrected chi connectivity index (χ2v) is 5.73. The molecule has 4 rings (SSSR count). The Morgan fingerprint density at radius 2 is 1.88 bits per heavy atom. The normalized spacial score (nSPS) is 14.7. The van der Waals surface area contributed by atoms with Crippen LogP contribution in [0.2, 0.25) is 0 Å². The van der Waals surface area contributed by atoms with Crippen LogP contribution in [0.3, 0.4) is 0 Å². The molecule has 0 atom stereocenters. The number of hydrogen-bond donors (Lipinski definition) is 0. The molecule has 3 aromatic rings.